The van der Waals surface area contributed by atoms with E-state index in [0.717, 1.165) is 21.6 Å². The Labute approximate surface area is 287 Å². The summed E-state index contributed by atoms with van der Waals surface area (Å²) in [6.45, 7) is 1.47. The Morgan fingerprint density at radius 2 is 1.62 bits per heavy atom. The molecule has 2 aliphatic rings. The van der Waals surface area contributed by atoms with E-state index in [0.29, 0.717) is 16.4 Å². The molecule has 1 saturated heterocycles. The quantitative estimate of drug-likeness (QED) is 0.156. The van der Waals surface area contributed by atoms with Crippen molar-refractivity contribution in [2.75, 3.05) is 13.7 Å². The maximum atomic E-state index is 13.5. The lowest BCUT2D eigenvalue weighted by molar-refractivity contribution is -0.124. The van der Waals surface area contributed by atoms with Crippen molar-refractivity contribution in [3.8, 4) is 11.5 Å². The van der Waals surface area contributed by atoms with Crippen LogP contribution in [0.25, 0.3) is 0 Å². The summed E-state index contributed by atoms with van der Waals surface area (Å²) in [6, 6.07) is 24.6. The third-order valence-electron chi connectivity index (χ3n) is 8.29. The average molecular weight is 703 g/mol. The summed E-state index contributed by atoms with van der Waals surface area (Å²) in [5.41, 5.74) is 2.76. The van der Waals surface area contributed by atoms with Gasteiger partial charge in [0.1, 0.15) is 24.4 Å². The van der Waals surface area contributed by atoms with Crippen molar-refractivity contribution < 1.29 is 41.2 Å². The third kappa shape index (κ3) is 7.64. The summed E-state index contributed by atoms with van der Waals surface area (Å²) in [5.74, 6) is 0.0842. The van der Waals surface area contributed by atoms with Crippen LogP contribution in [0.15, 0.2) is 114 Å². The maximum Gasteiger partial charge on any atom is 0.418 e. The Morgan fingerprint density at radius 1 is 0.980 bits per heavy atom. The van der Waals surface area contributed by atoms with Crippen LogP contribution in [0.3, 0.4) is 0 Å². The summed E-state index contributed by atoms with van der Waals surface area (Å²) in [6.07, 6.45) is 2.31. The van der Waals surface area contributed by atoms with E-state index in [4.69, 9.17) is 18.9 Å². The van der Waals surface area contributed by atoms with Crippen LogP contribution in [0.1, 0.15) is 35.4 Å². The summed E-state index contributed by atoms with van der Waals surface area (Å²) < 4.78 is 48.9. The molecule has 1 fully saturated rings. The van der Waals surface area contributed by atoms with Crippen molar-refractivity contribution in [3.05, 3.63) is 141 Å². The minimum atomic E-state index is -4.98. The van der Waals surface area contributed by atoms with Crippen LogP contribution >= 0.6 is 0 Å². The van der Waals surface area contributed by atoms with Gasteiger partial charge >= 0.3 is 16.4 Å². The van der Waals surface area contributed by atoms with Crippen LogP contribution in [0.5, 0.6) is 11.5 Å². The molecule has 3 heterocycles. The smallest absolute Gasteiger partial charge is 0.418 e. The molecule has 15 heteroatoms. The molecule has 2 unspecified atom stereocenters. The standard InChI is InChI=1S/C35H34N4O10S/c1-23-17-29(37-20-30(23)39(35(37)42)49-50(43,44)45)34(41)36-19-27-18-31(40)32(47-22-24-13-15-28(46-2)16-14-24)21-38(27)48-33(25-9-5-3-6-10-25)26-11-7-4-8-12-26/h3-18,21,29-30,33H,19-20,22H2,1-2H3,(H,36,41)(H,43,44,45). The molecule has 6 rings (SSSR count). The number of fused-ring (bicyclic) bond motifs is 2. The highest BCUT2D eigenvalue weighted by atomic mass is 32.3. The van der Waals surface area contributed by atoms with E-state index in [9.17, 15) is 22.8 Å². The van der Waals surface area contributed by atoms with Crippen LogP contribution in [-0.2, 0) is 32.6 Å². The van der Waals surface area contributed by atoms with E-state index in [1.807, 2.05) is 72.8 Å². The van der Waals surface area contributed by atoms with Crippen LogP contribution in [0, 0.1) is 0 Å². The van der Waals surface area contributed by atoms with Crippen molar-refractivity contribution in [1.82, 2.24) is 20.0 Å². The van der Waals surface area contributed by atoms with E-state index < -0.39 is 46.0 Å². The Balaban J connectivity index is 1.28. The summed E-state index contributed by atoms with van der Waals surface area (Å²) in [7, 11) is -3.41. The van der Waals surface area contributed by atoms with Gasteiger partial charge in [-0.1, -0.05) is 78.9 Å². The molecular weight excluding hydrogens is 668 g/mol. The van der Waals surface area contributed by atoms with Gasteiger partial charge < -0.3 is 24.5 Å². The first-order chi connectivity index (χ1) is 24.0. The fraction of sp³-hybridized carbons (Fsp3) is 0.229. The highest BCUT2D eigenvalue weighted by Gasteiger charge is 2.49. The molecule has 4 aromatic rings. The molecule has 0 spiro atoms. The lowest BCUT2D eigenvalue weighted by atomic mass is 10.0. The third-order valence-corrected chi connectivity index (χ3v) is 8.64. The second-order valence-electron chi connectivity index (χ2n) is 11.6. The molecule has 2 bridgehead atoms. The van der Waals surface area contributed by atoms with Gasteiger partial charge in [0.2, 0.25) is 11.3 Å². The zero-order chi connectivity index (χ0) is 35.4. The lowest BCUT2D eigenvalue weighted by Crippen LogP contribution is -2.48. The molecule has 2 N–H and O–H groups in total. The molecular formula is C35H34N4O10S. The fourth-order valence-electron chi connectivity index (χ4n) is 5.74. The number of ether oxygens (including phenoxy) is 2. The summed E-state index contributed by atoms with van der Waals surface area (Å²) >= 11 is 0. The predicted molar refractivity (Wildman–Crippen MR) is 179 cm³/mol. The summed E-state index contributed by atoms with van der Waals surface area (Å²) in [5, 5.41) is 3.29. The number of carbonyl (C=O) groups is 2. The van der Waals surface area contributed by atoms with Gasteiger partial charge in [0, 0.05) is 6.07 Å². The van der Waals surface area contributed by atoms with Crippen molar-refractivity contribution in [2.24, 2.45) is 0 Å². The average Bonchev–Trinajstić information content (AvgIpc) is 3.38. The highest BCUT2D eigenvalue weighted by molar-refractivity contribution is 7.80. The molecule has 3 amide bonds. The topological polar surface area (TPSA) is 166 Å². The Morgan fingerprint density at radius 3 is 2.22 bits per heavy atom. The number of benzene rings is 3. The first kappa shape index (κ1) is 34.2. The van der Waals surface area contributed by atoms with Gasteiger partial charge in [-0.15, -0.1) is 4.28 Å². The molecule has 2 aliphatic heterocycles. The molecule has 0 radical (unpaired) electrons. The Hall–Kier alpha value is -5.64. The van der Waals surface area contributed by atoms with Crippen molar-refractivity contribution in [1.29, 1.82) is 0 Å². The second-order valence-corrected chi connectivity index (χ2v) is 12.6. The van der Waals surface area contributed by atoms with Crippen LogP contribution in [-0.4, -0.2) is 65.3 Å². The number of methoxy groups -OCH3 is 1. The largest absolute Gasteiger partial charge is 0.497 e. The number of pyridine rings is 1. The first-order valence-corrected chi connectivity index (χ1v) is 16.9. The number of urea groups is 1. The van der Waals surface area contributed by atoms with Crippen LogP contribution in [0.2, 0.25) is 0 Å². The summed E-state index contributed by atoms with van der Waals surface area (Å²) in [4.78, 5) is 47.6. The number of hydrogen-bond acceptors (Lipinski definition) is 9. The van der Waals surface area contributed by atoms with E-state index in [-0.39, 0.29) is 31.1 Å². The van der Waals surface area contributed by atoms with Gasteiger partial charge in [-0.2, -0.15) is 18.2 Å². The molecule has 260 valence electrons. The van der Waals surface area contributed by atoms with E-state index in [1.54, 1.807) is 26.2 Å². The molecule has 1 aromatic heterocycles. The van der Waals surface area contributed by atoms with Gasteiger partial charge in [0.25, 0.3) is 0 Å². The molecule has 0 saturated carbocycles. The zero-order valence-corrected chi connectivity index (χ0v) is 27.9. The SMILES string of the molecule is COc1ccc(COc2cn(OC(c3ccccc3)c3ccccc3)c(CNC(=O)C3C=C(C)C4CN3C(=O)N4OS(=O)(=O)O)cc2=O)cc1. The number of hydrogen-bond donors (Lipinski definition) is 2. The number of hydroxylamine groups is 2. The van der Waals surface area contributed by atoms with Crippen molar-refractivity contribution in [3.63, 3.8) is 0 Å². The number of aromatic nitrogens is 1. The van der Waals surface area contributed by atoms with Crippen molar-refractivity contribution >= 4 is 22.3 Å². The minimum absolute atomic E-state index is 0.00855. The normalized spacial score (nSPS) is 17.0. The molecule has 3 aromatic carbocycles. The monoisotopic (exact) mass is 702 g/mol. The number of nitrogens with zero attached hydrogens (tertiary/aromatic N) is 3. The number of rotatable bonds is 13. The van der Waals surface area contributed by atoms with Crippen LogP contribution < -0.4 is 25.1 Å². The maximum absolute atomic E-state index is 13.5. The van der Waals surface area contributed by atoms with Gasteiger partial charge in [0.05, 0.1) is 32.1 Å². The lowest BCUT2D eigenvalue weighted by Gasteiger charge is -2.28. The van der Waals surface area contributed by atoms with Gasteiger partial charge in [0.15, 0.2) is 11.9 Å². The molecule has 50 heavy (non-hydrogen) atoms. The van der Waals surface area contributed by atoms with E-state index in [1.165, 1.54) is 23.1 Å². The second kappa shape index (κ2) is 14.5. The zero-order valence-electron chi connectivity index (χ0n) is 27.0. The molecule has 2 atom stereocenters. The number of carbonyl (C=O) groups excluding carboxylic acids is 2. The Bertz CT molecular complexity index is 2020. The Kier molecular flexibility index (Phi) is 9.90. The molecule has 0 aliphatic carbocycles. The van der Waals surface area contributed by atoms with Crippen molar-refractivity contribution in [2.45, 2.75) is 38.3 Å². The van der Waals surface area contributed by atoms with E-state index in [2.05, 4.69) is 9.60 Å². The number of amides is 3. The van der Waals surface area contributed by atoms with Crippen LogP contribution in [0.4, 0.5) is 4.79 Å². The first-order valence-electron chi connectivity index (χ1n) is 15.5. The predicted octanol–water partition coefficient (Wildman–Crippen LogP) is 3.44. The molecule has 14 nitrogen and oxygen atoms in total. The van der Waals surface area contributed by atoms with Gasteiger partial charge in [-0.05, 0) is 41.3 Å². The highest BCUT2D eigenvalue weighted by Crippen LogP contribution is 2.31. The minimum Gasteiger partial charge on any atom is -0.497 e. The van der Waals surface area contributed by atoms with Gasteiger partial charge in [-0.25, -0.2) is 4.79 Å². The van der Waals surface area contributed by atoms with E-state index >= 15 is 0 Å². The van der Waals surface area contributed by atoms with Gasteiger partial charge in [-0.3, -0.25) is 14.1 Å². The fourth-order valence-corrected chi connectivity index (χ4v) is 6.11. The number of nitrogens with one attached hydrogen (secondary N) is 1.